The second-order valence-corrected chi connectivity index (χ2v) is 4.36. The maximum absolute atomic E-state index is 10.6. The number of carbonyl (C=O) groups is 1. The second-order valence-electron chi connectivity index (χ2n) is 4.36. The summed E-state index contributed by atoms with van der Waals surface area (Å²) in [6.07, 6.45) is 2.01. The summed E-state index contributed by atoms with van der Waals surface area (Å²) in [7, 11) is 0. The molecule has 1 atom stereocenters. The SMILES string of the molecule is CC(C)Oc1cc(NCCC(C)C(=O)O)ncn1. The van der Waals surface area contributed by atoms with Gasteiger partial charge in [-0.3, -0.25) is 4.79 Å². The lowest BCUT2D eigenvalue weighted by Gasteiger charge is -2.11. The van der Waals surface area contributed by atoms with Crippen molar-refractivity contribution in [2.45, 2.75) is 33.3 Å². The molecule has 1 aromatic rings. The summed E-state index contributed by atoms with van der Waals surface area (Å²) in [4.78, 5) is 18.7. The molecule has 0 spiro atoms. The molecule has 0 amide bonds. The number of hydrogen-bond donors (Lipinski definition) is 2. The van der Waals surface area contributed by atoms with Gasteiger partial charge in [-0.1, -0.05) is 6.92 Å². The molecule has 0 fully saturated rings. The van der Waals surface area contributed by atoms with Crippen molar-refractivity contribution in [1.29, 1.82) is 0 Å². The lowest BCUT2D eigenvalue weighted by molar-refractivity contribution is -0.141. The maximum atomic E-state index is 10.6. The number of carboxylic acids is 1. The molecule has 0 saturated heterocycles. The predicted octanol–water partition coefficient (Wildman–Crippen LogP) is 1.79. The molecular weight excluding hydrogens is 234 g/mol. The van der Waals surface area contributed by atoms with E-state index in [9.17, 15) is 4.79 Å². The van der Waals surface area contributed by atoms with Gasteiger partial charge >= 0.3 is 5.97 Å². The zero-order valence-electron chi connectivity index (χ0n) is 10.9. The summed E-state index contributed by atoms with van der Waals surface area (Å²) in [5.74, 6) is -0.0129. The van der Waals surface area contributed by atoms with Gasteiger partial charge < -0.3 is 15.2 Å². The summed E-state index contributed by atoms with van der Waals surface area (Å²) in [6, 6.07) is 1.70. The molecule has 100 valence electrons. The molecule has 0 radical (unpaired) electrons. The van der Waals surface area contributed by atoms with Crippen LogP contribution < -0.4 is 10.1 Å². The van der Waals surface area contributed by atoms with Crippen LogP contribution in [0.5, 0.6) is 5.88 Å². The highest BCUT2D eigenvalue weighted by molar-refractivity contribution is 5.69. The molecule has 0 saturated carbocycles. The van der Waals surface area contributed by atoms with E-state index in [1.807, 2.05) is 13.8 Å². The standard InChI is InChI=1S/C12H19N3O3/c1-8(2)18-11-6-10(14-7-15-11)13-5-4-9(3)12(16)17/h6-9H,4-5H2,1-3H3,(H,16,17)(H,13,14,15). The van der Waals surface area contributed by atoms with Crippen LogP contribution in [0.3, 0.4) is 0 Å². The van der Waals surface area contributed by atoms with Crippen molar-refractivity contribution in [2.75, 3.05) is 11.9 Å². The topological polar surface area (TPSA) is 84.3 Å². The second kappa shape index (κ2) is 6.78. The summed E-state index contributed by atoms with van der Waals surface area (Å²) >= 11 is 0. The number of ether oxygens (including phenoxy) is 1. The minimum Gasteiger partial charge on any atom is -0.481 e. The van der Waals surface area contributed by atoms with Crippen LogP contribution in [0.15, 0.2) is 12.4 Å². The first-order valence-electron chi connectivity index (χ1n) is 5.94. The van der Waals surface area contributed by atoms with Gasteiger partial charge in [0.2, 0.25) is 5.88 Å². The van der Waals surface area contributed by atoms with Crippen molar-refractivity contribution < 1.29 is 14.6 Å². The first-order valence-corrected chi connectivity index (χ1v) is 5.94. The molecule has 2 N–H and O–H groups in total. The molecule has 0 bridgehead atoms. The number of nitrogens with zero attached hydrogens (tertiary/aromatic N) is 2. The van der Waals surface area contributed by atoms with E-state index in [1.165, 1.54) is 6.33 Å². The van der Waals surface area contributed by atoms with Gasteiger partial charge in [0.15, 0.2) is 0 Å². The monoisotopic (exact) mass is 253 g/mol. The van der Waals surface area contributed by atoms with Gasteiger partial charge in [0.1, 0.15) is 12.1 Å². The molecule has 1 rings (SSSR count). The Morgan fingerprint density at radius 3 is 2.78 bits per heavy atom. The Morgan fingerprint density at radius 2 is 2.17 bits per heavy atom. The van der Waals surface area contributed by atoms with Crippen LogP contribution in [0, 0.1) is 5.92 Å². The van der Waals surface area contributed by atoms with E-state index in [0.29, 0.717) is 24.7 Å². The summed E-state index contributed by atoms with van der Waals surface area (Å²) < 4.78 is 5.44. The van der Waals surface area contributed by atoms with Crippen LogP contribution in [0.2, 0.25) is 0 Å². The van der Waals surface area contributed by atoms with Crippen LogP contribution in [0.1, 0.15) is 27.2 Å². The van der Waals surface area contributed by atoms with E-state index >= 15 is 0 Å². The van der Waals surface area contributed by atoms with Crippen molar-refractivity contribution in [2.24, 2.45) is 5.92 Å². The van der Waals surface area contributed by atoms with Gasteiger partial charge in [-0.25, -0.2) is 9.97 Å². The van der Waals surface area contributed by atoms with E-state index < -0.39 is 5.97 Å². The first kappa shape index (κ1) is 14.2. The highest BCUT2D eigenvalue weighted by atomic mass is 16.5. The molecular formula is C12H19N3O3. The van der Waals surface area contributed by atoms with Gasteiger partial charge in [-0.15, -0.1) is 0 Å². The lowest BCUT2D eigenvalue weighted by Crippen LogP contribution is -2.15. The molecule has 18 heavy (non-hydrogen) atoms. The molecule has 1 unspecified atom stereocenters. The highest BCUT2D eigenvalue weighted by Gasteiger charge is 2.10. The van der Waals surface area contributed by atoms with Crippen LogP contribution in [-0.4, -0.2) is 33.7 Å². The van der Waals surface area contributed by atoms with Gasteiger partial charge in [-0.05, 0) is 20.3 Å². The Bertz CT molecular complexity index is 396. The zero-order chi connectivity index (χ0) is 13.5. The number of anilines is 1. The van der Waals surface area contributed by atoms with Crippen LogP contribution in [0.25, 0.3) is 0 Å². The first-order chi connectivity index (χ1) is 8.49. The summed E-state index contributed by atoms with van der Waals surface area (Å²) in [5.41, 5.74) is 0. The van der Waals surface area contributed by atoms with Crippen molar-refractivity contribution >= 4 is 11.8 Å². The smallest absolute Gasteiger partial charge is 0.306 e. The minimum atomic E-state index is -0.789. The number of rotatable bonds is 7. The van der Waals surface area contributed by atoms with Gasteiger partial charge in [0.05, 0.1) is 12.0 Å². The molecule has 0 aromatic carbocycles. The minimum absolute atomic E-state index is 0.0554. The van der Waals surface area contributed by atoms with E-state index in [4.69, 9.17) is 9.84 Å². The fourth-order valence-corrected chi connectivity index (χ4v) is 1.28. The third-order valence-electron chi connectivity index (χ3n) is 2.30. The molecule has 6 nitrogen and oxygen atoms in total. The average molecular weight is 253 g/mol. The number of aliphatic carboxylic acids is 1. The highest BCUT2D eigenvalue weighted by Crippen LogP contribution is 2.13. The van der Waals surface area contributed by atoms with Crippen LogP contribution in [0.4, 0.5) is 5.82 Å². The molecule has 1 heterocycles. The van der Waals surface area contributed by atoms with Crippen LogP contribution >= 0.6 is 0 Å². The molecule has 1 aromatic heterocycles. The fraction of sp³-hybridized carbons (Fsp3) is 0.583. The number of hydrogen-bond acceptors (Lipinski definition) is 5. The maximum Gasteiger partial charge on any atom is 0.306 e. The van der Waals surface area contributed by atoms with E-state index in [0.717, 1.165) is 0 Å². The third-order valence-corrected chi connectivity index (χ3v) is 2.30. The summed E-state index contributed by atoms with van der Waals surface area (Å²) in [6.45, 7) is 6.07. The summed E-state index contributed by atoms with van der Waals surface area (Å²) in [5, 5.41) is 11.8. The van der Waals surface area contributed by atoms with Crippen molar-refractivity contribution in [3.8, 4) is 5.88 Å². The van der Waals surface area contributed by atoms with E-state index in [2.05, 4.69) is 15.3 Å². The normalized spacial score (nSPS) is 12.2. The molecule has 0 aliphatic heterocycles. The van der Waals surface area contributed by atoms with Crippen molar-refractivity contribution in [1.82, 2.24) is 9.97 Å². The van der Waals surface area contributed by atoms with Gasteiger partial charge in [-0.2, -0.15) is 0 Å². The lowest BCUT2D eigenvalue weighted by atomic mass is 10.1. The zero-order valence-corrected chi connectivity index (χ0v) is 10.9. The largest absolute Gasteiger partial charge is 0.481 e. The Labute approximate surface area is 106 Å². The van der Waals surface area contributed by atoms with Gasteiger partial charge in [0, 0.05) is 12.6 Å². The van der Waals surface area contributed by atoms with Crippen LogP contribution in [-0.2, 0) is 4.79 Å². The van der Waals surface area contributed by atoms with E-state index in [-0.39, 0.29) is 12.0 Å². The van der Waals surface area contributed by atoms with E-state index in [1.54, 1.807) is 13.0 Å². The number of nitrogens with one attached hydrogen (secondary N) is 1. The molecule has 6 heteroatoms. The Morgan fingerprint density at radius 1 is 1.44 bits per heavy atom. The van der Waals surface area contributed by atoms with Crippen molar-refractivity contribution in [3.63, 3.8) is 0 Å². The Balaban J connectivity index is 2.45. The quantitative estimate of drug-likeness (QED) is 0.770. The van der Waals surface area contributed by atoms with Crippen molar-refractivity contribution in [3.05, 3.63) is 12.4 Å². The fourth-order valence-electron chi connectivity index (χ4n) is 1.28. The number of carboxylic acid groups (broad SMARTS) is 1. The van der Waals surface area contributed by atoms with Gasteiger partial charge in [0.25, 0.3) is 0 Å². The Kier molecular flexibility index (Phi) is 5.35. The number of aromatic nitrogens is 2. The molecule has 0 aliphatic carbocycles. The molecule has 0 aliphatic rings. The predicted molar refractivity (Wildman–Crippen MR) is 67.7 cm³/mol. The Hall–Kier alpha value is -1.85. The third kappa shape index (κ3) is 4.99. The average Bonchev–Trinajstić information content (AvgIpc) is 2.28.